The molecule has 1 aliphatic rings. The first-order valence-electron chi connectivity index (χ1n) is 4.30. The van der Waals surface area contributed by atoms with Crippen molar-refractivity contribution in [2.45, 2.75) is 18.9 Å². The van der Waals surface area contributed by atoms with Crippen molar-refractivity contribution in [2.75, 3.05) is 6.61 Å². The summed E-state index contributed by atoms with van der Waals surface area (Å²) in [5, 5.41) is 0. The fourth-order valence-electron chi connectivity index (χ4n) is 1.39. The molecule has 1 atom stereocenters. The normalized spacial score (nSPS) is 21.7. The molecule has 2 rings (SSSR count). The van der Waals surface area contributed by atoms with Gasteiger partial charge in [-0.1, -0.05) is 0 Å². The number of carbonyl (C=O) groups is 1. The van der Waals surface area contributed by atoms with Crippen molar-refractivity contribution in [1.29, 1.82) is 0 Å². The Labute approximate surface area is 76.0 Å². The average molecular weight is 178 g/mol. The number of ether oxygens (including phenoxy) is 1. The summed E-state index contributed by atoms with van der Waals surface area (Å²) in [5.74, 6) is 0.627. The number of hydrogen-bond donors (Lipinski definition) is 0. The summed E-state index contributed by atoms with van der Waals surface area (Å²) >= 11 is 0. The van der Waals surface area contributed by atoms with Crippen molar-refractivity contribution in [3.63, 3.8) is 0 Å². The standard InChI is InChI=1S/C9H10N2O2/c12-6-7-3-4-10-9(11-7)8-2-1-5-13-8/h3-4,6,8H,1-2,5H2. The predicted octanol–water partition coefficient (Wildman–Crippen LogP) is 1.14. The SMILES string of the molecule is O=Cc1ccnc(C2CCCO2)n1. The molecule has 1 saturated heterocycles. The van der Waals surface area contributed by atoms with Crippen LogP contribution in [0.15, 0.2) is 12.3 Å². The monoisotopic (exact) mass is 178 g/mol. The minimum atomic E-state index is -0.0140. The van der Waals surface area contributed by atoms with Crippen LogP contribution in [0.1, 0.15) is 35.3 Å². The second kappa shape index (κ2) is 3.62. The number of aromatic nitrogens is 2. The number of carbonyl (C=O) groups excluding carboxylic acids is 1. The Hall–Kier alpha value is -1.29. The van der Waals surface area contributed by atoms with Gasteiger partial charge < -0.3 is 4.74 Å². The van der Waals surface area contributed by atoms with E-state index in [0.717, 1.165) is 25.7 Å². The summed E-state index contributed by atoms with van der Waals surface area (Å²) in [6.07, 6.45) is 4.29. The summed E-state index contributed by atoms with van der Waals surface area (Å²) in [6.45, 7) is 0.763. The number of aldehydes is 1. The summed E-state index contributed by atoms with van der Waals surface area (Å²) < 4.78 is 5.40. The lowest BCUT2D eigenvalue weighted by atomic mass is 10.2. The Bertz CT molecular complexity index is 308. The van der Waals surface area contributed by atoms with Crippen LogP contribution in [-0.4, -0.2) is 22.9 Å². The quantitative estimate of drug-likeness (QED) is 0.637. The van der Waals surface area contributed by atoms with Gasteiger partial charge in [-0.25, -0.2) is 9.97 Å². The van der Waals surface area contributed by atoms with Gasteiger partial charge in [0.15, 0.2) is 12.1 Å². The van der Waals surface area contributed by atoms with Crippen molar-refractivity contribution < 1.29 is 9.53 Å². The summed E-state index contributed by atoms with van der Waals surface area (Å²) in [5.41, 5.74) is 0.417. The lowest BCUT2D eigenvalue weighted by molar-refractivity contribution is 0.104. The van der Waals surface area contributed by atoms with Crippen LogP contribution in [0.2, 0.25) is 0 Å². The highest BCUT2D eigenvalue weighted by molar-refractivity contribution is 5.71. The Kier molecular flexibility index (Phi) is 2.31. The van der Waals surface area contributed by atoms with Gasteiger partial charge in [0.2, 0.25) is 0 Å². The fourth-order valence-corrected chi connectivity index (χ4v) is 1.39. The van der Waals surface area contributed by atoms with E-state index in [1.807, 2.05) is 0 Å². The zero-order valence-corrected chi connectivity index (χ0v) is 7.14. The summed E-state index contributed by atoms with van der Waals surface area (Å²) in [4.78, 5) is 18.6. The van der Waals surface area contributed by atoms with Gasteiger partial charge in [0, 0.05) is 12.8 Å². The minimum Gasteiger partial charge on any atom is -0.370 e. The molecule has 0 bridgehead atoms. The van der Waals surface area contributed by atoms with E-state index in [0.29, 0.717) is 11.5 Å². The molecule has 68 valence electrons. The first-order chi connectivity index (χ1) is 6.40. The molecule has 0 radical (unpaired) electrons. The van der Waals surface area contributed by atoms with Gasteiger partial charge >= 0.3 is 0 Å². The third-order valence-corrected chi connectivity index (χ3v) is 2.03. The van der Waals surface area contributed by atoms with Crippen LogP contribution < -0.4 is 0 Å². The predicted molar refractivity (Wildman–Crippen MR) is 45.3 cm³/mol. The van der Waals surface area contributed by atoms with Crippen LogP contribution in [0.25, 0.3) is 0 Å². The number of nitrogens with zero attached hydrogens (tertiary/aromatic N) is 2. The molecule has 4 nitrogen and oxygen atoms in total. The van der Waals surface area contributed by atoms with Gasteiger partial charge in [-0.2, -0.15) is 0 Å². The Morgan fingerprint density at radius 2 is 2.54 bits per heavy atom. The molecule has 0 amide bonds. The molecule has 0 aromatic carbocycles. The summed E-state index contributed by atoms with van der Waals surface area (Å²) in [7, 11) is 0. The van der Waals surface area contributed by atoms with Crippen molar-refractivity contribution in [3.8, 4) is 0 Å². The van der Waals surface area contributed by atoms with E-state index in [4.69, 9.17) is 4.74 Å². The second-order valence-electron chi connectivity index (χ2n) is 2.96. The van der Waals surface area contributed by atoms with Gasteiger partial charge in [-0.05, 0) is 18.9 Å². The van der Waals surface area contributed by atoms with Crippen LogP contribution >= 0.6 is 0 Å². The molecule has 0 spiro atoms. The molecule has 1 fully saturated rings. The maximum absolute atomic E-state index is 10.4. The molecule has 1 aliphatic heterocycles. The molecular weight excluding hydrogens is 168 g/mol. The van der Waals surface area contributed by atoms with Gasteiger partial charge in [0.25, 0.3) is 0 Å². The van der Waals surface area contributed by atoms with E-state index in [9.17, 15) is 4.79 Å². The molecule has 1 unspecified atom stereocenters. The van der Waals surface area contributed by atoms with Crippen LogP contribution in [0, 0.1) is 0 Å². The lowest BCUT2D eigenvalue weighted by Crippen LogP contribution is -2.04. The number of rotatable bonds is 2. The van der Waals surface area contributed by atoms with Crippen LogP contribution in [0.5, 0.6) is 0 Å². The number of hydrogen-bond acceptors (Lipinski definition) is 4. The smallest absolute Gasteiger partial charge is 0.168 e. The van der Waals surface area contributed by atoms with E-state index in [2.05, 4.69) is 9.97 Å². The Morgan fingerprint density at radius 3 is 3.23 bits per heavy atom. The van der Waals surface area contributed by atoms with Crippen molar-refractivity contribution >= 4 is 6.29 Å². The van der Waals surface area contributed by atoms with E-state index >= 15 is 0 Å². The summed E-state index contributed by atoms with van der Waals surface area (Å²) in [6, 6.07) is 1.59. The molecule has 1 aromatic heterocycles. The maximum Gasteiger partial charge on any atom is 0.168 e. The minimum absolute atomic E-state index is 0.0140. The Balaban J connectivity index is 2.23. The molecule has 0 aliphatic carbocycles. The first kappa shape index (κ1) is 8.31. The highest BCUT2D eigenvalue weighted by Crippen LogP contribution is 2.25. The van der Waals surface area contributed by atoms with Crippen LogP contribution in [0.4, 0.5) is 0 Å². The van der Waals surface area contributed by atoms with Crippen LogP contribution in [0.3, 0.4) is 0 Å². The van der Waals surface area contributed by atoms with Gasteiger partial charge in [-0.15, -0.1) is 0 Å². The highest BCUT2D eigenvalue weighted by Gasteiger charge is 2.20. The van der Waals surface area contributed by atoms with Gasteiger partial charge in [-0.3, -0.25) is 4.79 Å². The lowest BCUT2D eigenvalue weighted by Gasteiger charge is -2.06. The zero-order valence-electron chi connectivity index (χ0n) is 7.14. The highest BCUT2D eigenvalue weighted by atomic mass is 16.5. The maximum atomic E-state index is 10.4. The molecule has 0 N–H and O–H groups in total. The van der Waals surface area contributed by atoms with Gasteiger partial charge in [0.05, 0.1) is 0 Å². The first-order valence-corrected chi connectivity index (χ1v) is 4.30. The zero-order chi connectivity index (χ0) is 9.10. The molecule has 2 heterocycles. The Morgan fingerprint density at radius 1 is 1.62 bits per heavy atom. The molecule has 4 heteroatoms. The van der Waals surface area contributed by atoms with Gasteiger partial charge in [0.1, 0.15) is 11.8 Å². The third-order valence-electron chi connectivity index (χ3n) is 2.03. The molecule has 0 saturated carbocycles. The fraction of sp³-hybridized carbons (Fsp3) is 0.444. The molecule has 13 heavy (non-hydrogen) atoms. The molecule has 1 aromatic rings. The van der Waals surface area contributed by atoms with E-state index in [1.165, 1.54) is 0 Å². The second-order valence-corrected chi connectivity index (χ2v) is 2.96. The van der Waals surface area contributed by atoms with E-state index in [-0.39, 0.29) is 6.10 Å². The van der Waals surface area contributed by atoms with Crippen LogP contribution in [-0.2, 0) is 4.74 Å². The topological polar surface area (TPSA) is 52.1 Å². The van der Waals surface area contributed by atoms with E-state index < -0.39 is 0 Å². The third kappa shape index (κ3) is 1.72. The van der Waals surface area contributed by atoms with E-state index in [1.54, 1.807) is 12.3 Å². The average Bonchev–Trinajstić information content (AvgIpc) is 2.71. The van der Waals surface area contributed by atoms with Crippen molar-refractivity contribution in [3.05, 3.63) is 23.8 Å². The molecular formula is C9H10N2O2. The largest absolute Gasteiger partial charge is 0.370 e. The van der Waals surface area contributed by atoms with Crippen molar-refractivity contribution in [1.82, 2.24) is 9.97 Å². The van der Waals surface area contributed by atoms with Crippen molar-refractivity contribution in [2.24, 2.45) is 0 Å².